The van der Waals surface area contributed by atoms with Gasteiger partial charge in [-0.1, -0.05) is 11.6 Å². The number of rotatable bonds is 4. The van der Waals surface area contributed by atoms with Gasteiger partial charge in [-0.25, -0.2) is 18.1 Å². The lowest BCUT2D eigenvalue weighted by atomic mass is 10.2. The van der Waals surface area contributed by atoms with Crippen LogP contribution in [0.5, 0.6) is 0 Å². The number of nitrogens with one attached hydrogen (secondary N) is 1. The van der Waals surface area contributed by atoms with Gasteiger partial charge in [0.1, 0.15) is 5.01 Å². The van der Waals surface area contributed by atoms with Crippen LogP contribution in [0.4, 0.5) is 5.69 Å². The van der Waals surface area contributed by atoms with Crippen LogP contribution in [0.3, 0.4) is 0 Å². The molecule has 1 aromatic heterocycles. The molecular weight excluding hydrogens is 306 g/mol. The number of aromatic nitrogens is 1. The van der Waals surface area contributed by atoms with E-state index < -0.39 is 10.0 Å². The molecule has 0 aliphatic heterocycles. The van der Waals surface area contributed by atoms with E-state index in [9.17, 15) is 8.42 Å². The summed E-state index contributed by atoms with van der Waals surface area (Å²) in [5.41, 5.74) is 6.54. The molecule has 0 unspecified atom stereocenters. The lowest BCUT2D eigenvalue weighted by molar-refractivity contribution is 0.581. The van der Waals surface area contributed by atoms with Crippen LogP contribution >= 0.6 is 22.9 Å². The second-order valence-electron chi connectivity index (χ2n) is 3.89. The second-order valence-corrected chi connectivity index (χ2v) is 7.02. The fourth-order valence-electron chi connectivity index (χ4n) is 1.50. The third-order valence-corrected chi connectivity index (χ3v) is 5.14. The van der Waals surface area contributed by atoms with E-state index in [1.54, 1.807) is 18.5 Å². The van der Waals surface area contributed by atoms with E-state index in [0.717, 1.165) is 0 Å². The fraction of sp³-hybridized carbons (Fsp3) is 0.182. The first-order valence-electron chi connectivity index (χ1n) is 5.34. The number of hydrogen-bond donors (Lipinski definition) is 2. The zero-order valence-electron chi connectivity index (χ0n) is 10.1. The molecule has 0 amide bonds. The summed E-state index contributed by atoms with van der Waals surface area (Å²) in [4.78, 5) is 4.11. The number of nitrogen functional groups attached to an aromatic ring is 1. The van der Waals surface area contributed by atoms with Crippen LogP contribution in [0.2, 0.25) is 5.02 Å². The fourth-order valence-corrected chi connectivity index (χ4v) is 3.36. The average molecular weight is 318 g/mol. The van der Waals surface area contributed by atoms with Crippen LogP contribution in [0.25, 0.3) is 0 Å². The predicted molar refractivity (Wildman–Crippen MR) is 76.7 cm³/mol. The highest BCUT2D eigenvalue weighted by Gasteiger charge is 2.17. The predicted octanol–water partition coefficient (Wildman–Crippen LogP) is 2.17. The van der Waals surface area contributed by atoms with Crippen LogP contribution in [0.15, 0.2) is 28.6 Å². The molecule has 102 valence electrons. The van der Waals surface area contributed by atoms with Crippen molar-refractivity contribution in [2.45, 2.75) is 18.4 Å². The van der Waals surface area contributed by atoms with Gasteiger partial charge in [0.25, 0.3) is 0 Å². The molecule has 8 heteroatoms. The first-order chi connectivity index (χ1) is 8.90. The van der Waals surface area contributed by atoms with E-state index in [4.69, 9.17) is 17.3 Å². The average Bonchev–Trinajstić information content (AvgIpc) is 2.86. The van der Waals surface area contributed by atoms with E-state index in [1.165, 1.54) is 23.5 Å². The van der Waals surface area contributed by atoms with Gasteiger partial charge in [0, 0.05) is 11.6 Å². The lowest BCUT2D eigenvalue weighted by Crippen LogP contribution is -2.23. The van der Waals surface area contributed by atoms with Crippen molar-refractivity contribution in [3.05, 3.63) is 39.3 Å². The van der Waals surface area contributed by atoms with Gasteiger partial charge in [-0.3, -0.25) is 0 Å². The molecule has 3 N–H and O–H groups in total. The van der Waals surface area contributed by atoms with Gasteiger partial charge < -0.3 is 5.73 Å². The smallest absolute Gasteiger partial charge is 0.241 e. The van der Waals surface area contributed by atoms with Crippen molar-refractivity contribution in [2.75, 3.05) is 5.73 Å². The highest BCUT2D eigenvalue weighted by atomic mass is 35.5. The van der Waals surface area contributed by atoms with E-state index in [-0.39, 0.29) is 17.1 Å². The van der Waals surface area contributed by atoms with Gasteiger partial charge in [-0.15, -0.1) is 11.3 Å². The lowest BCUT2D eigenvalue weighted by Gasteiger charge is -2.09. The summed E-state index contributed by atoms with van der Waals surface area (Å²) in [6.45, 7) is 1.86. The molecule has 0 spiro atoms. The quantitative estimate of drug-likeness (QED) is 0.846. The van der Waals surface area contributed by atoms with Crippen molar-refractivity contribution in [1.82, 2.24) is 9.71 Å². The number of sulfonamides is 1. The van der Waals surface area contributed by atoms with Crippen molar-refractivity contribution < 1.29 is 8.42 Å². The normalized spacial score (nSPS) is 11.7. The molecule has 0 aliphatic carbocycles. The Bertz CT molecular complexity index is 661. The van der Waals surface area contributed by atoms with Gasteiger partial charge in [-0.2, -0.15) is 0 Å². The first-order valence-corrected chi connectivity index (χ1v) is 8.08. The second kappa shape index (κ2) is 5.46. The van der Waals surface area contributed by atoms with Crippen LogP contribution in [-0.2, 0) is 16.6 Å². The zero-order valence-corrected chi connectivity index (χ0v) is 12.4. The molecule has 0 atom stereocenters. The highest BCUT2D eigenvalue weighted by Crippen LogP contribution is 2.26. The Kier molecular flexibility index (Phi) is 4.10. The molecule has 1 aromatic carbocycles. The molecule has 0 bridgehead atoms. The number of thiazole rings is 1. The maximum Gasteiger partial charge on any atom is 0.241 e. The monoisotopic (exact) mass is 317 g/mol. The molecule has 0 saturated carbocycles. The summed E-state index contributed by atoms with van der Waals surface area (Å²) in [5.74, 6) is 0. The Hall–Kier alpha value is -1.15. The summed E-state index contributed by atoms with van der Waals surface area (Å²) >= 11 is 7.29. The Morgan fingerprint density at radius 2 is 2.21 bits per heavy atom. The number of halogens is 1. The molecule has 0 fully saturated rings. The molecule has 1 heterocycles. The molecule has 5 nitrogen and oxygen atoms in total. The van der Waals surface area contributed by atoms with E-state index in [0.29, 0.717) is 15.6 Å². The molecule has 2 rings (SSSR count). The Morgan fingerprint density at radius 3 is 2.79 bits per heavy atom. The molecule has 0 aliphatic rings. The topological polar surface area (TPSA) is 85.1 Å². The number of benzene rings is 1. The number of nitrogens with two attached hydrogens (primary N) is 1. The van der Waals surface area contributed by atoms with E-state index in [1.807, 2.05) is 0 Å². The summed E-state index contributed by atoms with van der Waals surface area (Å²) in [6, 6.07) is 2.84. The third-order valence-electron chi connectivity index (χ3n) is 2.46. The summed E-state index contributed by atoms with van der Waals surface area (Å²) < 4.78 is 26.7. The Morgan fingerprint density at radius 1 is 1.47 bits per heavy atom. The largest absolute Gasteiger partial charge is 0.397 e. The summed E-state index contributed by atoms with van der Waals surface area (Å²) in [6.07, 6.45) is 1.62. The van der Waals surface area contributed by atoms with Crippen molar-refractivity contribution in [1.29, 1.82) is 0 Å². The number of aryl methyl sites for hydroxylation is 1. The van der Waals surface area contributed by atoms with E-state index >= 15 is 0 Å². The van der Waals surface area contributed by atoms with Crippen LogP contribution in [0, 0.1) is 6.92 Å². The van der Waals surface area contributed by atoms with Crippen molar-refractivity contribution in [3.63, 3.8) is 0 Å². The minimum absolute atomic E-state index is 0.100. The molecule has 2 aromatic rings. The van der Waals surface area contributed by atoms with Crippen LogP contribution < -0.4 is 10.5 Å². The first kappa shape index (κ1) is 14.3. The van der Waals surface area contributed by atoms with Gasteiger partial charge in [0.15, 0.2) is 0 Å². The number of hydrogen-bond acceptors (Lipinski definition) is 5. The van der Waals surface area contributed by atoms with Crippen molar-refractivity contribution >= 4 is 38.6 Å². The van der Waals surface area contributed by atoms with Gasteiger partial charge in [0.2, 0.25) is 10.0 Å². The zero-order chi connectivity index (χ0) is 14.0. The summed E-state index contributed by atoms with van der Waals surface area (Å²) in [5, 5.41) is 2.86. The van der Waals surface area contributed by atoms with Crippen LogP contribution in [-0.4, -0.2) is 13.4 Å². The van der Waals surface area contributed by atoms with Crippen molar-refractivity contribution in [3.8, 4) is 0 Å². The Balaban J connectivity index is 2.24. The SMILES string of the molecule is Cc1cc(S(=O)(=O)NCc2nccs2)cc(N)c1Cl. The van der Waals surface area contributed by atoms with E-state index in [2.05, 4.69) is 9.71 Å². The van der Waals surface area contributed by atoms with Gasteiger partial charge >= 0.3 is 0 Å². The minimum Gasteiger partial charge on any atom is -0.397 e. The summed E-state index contributed by atoms with van der Waals surface area (Å²) in [7, 11) is -3.62. The van der Waals surface area contributed by atoms with Crippen molar-refractivity contribution in [2.24, 2.45) is 0 Å². The molecule has 19 heavy (non-hydrogen) atoms. The Labute approximate surface area is 120 Å². The minimum atomic E-state index is -3.62. The third kappa shape index (κ3) is 3.24. The molecule has 0 radical (unpaired) electrons. The van der Waals surface area contributed by atoms with Gasteiger partial charge in [0.05, 0.1) is 22.2 Å². The molecular formula is C11H12ClN3O2S2. The number of nitrogens with zero attached hydrogens (tertiary/aromatic N) is 1. The standard InChI is InChI=1S/C11H12ClN3O2S2/c1-7-4-8(5-9(13)11(7)12)19(16,17)15-6-10-14-2-3-18-10/h2-5,15H,6,13H2,1H3. The maximum atomic E-state index is 12.1. The van der Waals surface area contributed by atoms with Gasteiger partial charge in [-0.05, 0) is 24.6 Å². The molecule has 0 saturated heterocycles. The number of anilines is 1. The van der Waals surface area contributed by atoms with Crippen LogP contribution in [0.1, 0.15) is 10.6 Å². The maximum absolute atomic E-state index is 12.1. The highest BCUT2D eigenvalue weighted by molar-refractivity contribution is 7.89.